The molecule has 1 atom stereocenters. The van der Waals surface area contributed by atoms with E-state index in [9.17, 15) is 4.79 Å². The van der Waals surface area contributed by atoms with Gasteiger partial charge in [-0.1, -0.05) is 18.2 Å². The highest BCUT2D eigenvalue weighted by Gasteiger charge is 2.19. The van der Waals surface area contributed by atoms with Crippen LogP contribution in [0, 0.1) is 13.8 Å². The zero-order chi connectivity index (χ0) is 23.4. The molecular formula is C25H28N6O2. The Hall–Kier alpha value is -3.78. The number of carbonyl (C=O) groups excluding carboxylic acids is 1. The van der Waals surface area contributed by atoms with E-state index in [0.29, 0.717) is 24.7 Å². The molecule has 4 rings (SSSR count). The molecule has 0 aliphatic carbocycles. The Bertz CT molecular complexity index is 1260. The number of aromatic nitrogens is 4. The van der Waals surface area contributed by atoms with E-state index in [-0.39, 0.29) is 11.9 Å². The van der Waals surface area contributed by atoms with Crippen LogP contribution in [-0.4, -0.2) is 39.1 Å². The van der Waals surface area contributed by atoms with Gasteiger partial charge in [0.05, 0.1) is 23.7 Å². The highest BCUT2D eigenvalue weighted by Crippen LogP contribution is 2.22. The van der Waals surface area contributed by atoms with Gasteiger partial charge in [-0.05, 0) is 57.2 Å². The minimum atomic E-state index is -0.291. The summed E-state index contributed by atoms with van der Waals surface area (Å²) in [6, 6.07) is 16.8. The number of ether oxygens (including phenoxy) is 1. The first-order chi connectivity index (χ1) is 15.9. The number of rotatable bonds is 8. The molecule has 2 aromatic carbocycles. The molecule has 0 aliphatic rings. The van der Waals surface area contributed by atoms with E-state index < -0.39 is 0 Å². The molecule has 8 nitrogen and oxygen atoms in total. The van der Waals surface area contributed by atoms with Crippen LogP contribution in [0.1, 0.15) is 40.5 Å². The minimum absolute atomic E-state index is 0.183. The lowest BCUT2D eigenvalue weighted by Crippen LogP contribution is -2.29. The average Bonchev–Trinajstić information content (AvgIpc) is 3.16. The Morgan fingerprint density at radius 1 is 1.03 bits per heavy atom. The van der Waals surface area contributed by atoms with Gasteiger partial charge >= 0.3 is 0 Å². The van der Waals surface area contributed by atoms with Crippen LogP contribution in [-0.2, 0) is 11.3 Å². The van der Waals surface area contributed by atoms with Crippen LogP contribution in [0.15, 0.2) is 54.6 Å². The highest BCUT2D eigenvalue weighted by molar-refractivity contribution is 5.95. The van der Waals surface area contributed by atoms with Crippen molar-refractivity contribution in [1.82, 2.24) is 24.8 Å². The van der Waals surface area contributed by atoms with Crippen molar-refractivity contribution >= 4 is 28.6 Å². The quantitative estimate of drug-likeness (QED) is 0.420. The van der Waals surface area contributed by atoms with E-state index in [4.69, 9.17) is 9.72 Å². The van der Waals surface area contributed by atoms with Crippen molar-refractivity contribution in [2.24, 2.45) is 0 Å². The van der Waals surface area contributed by atoms with Gasteiger partial charge in [-0.15, -0.1) is 0 Å². The van der Waals surface area contributed by atoms with E-state index in [1.54, 1.807) is 19.2 Å². The number of hydrogen-bond acceptors (Lipinski definition) is 6. The number of nitrogens with zero attached hydrogens (tertiary/aromatic N) is 4. The van der Waals surface area contributed by atoms with Crippen molar-refractivity contribution in [3.63, 3.8) is 0 Å². The van der Waals surface area contributed by atoms with E-state index in [1.165, 1.54) is 0 Å². The highest BCUT2D eigenvalue weighted by atomic mass is 16.5. The summed E-state index contributed by atoms with van der Waals surface area (Å²) < 4.78 is 7.37. The summed E-state index contributed by atoms with van der Waals surface area (Å²) in [5.41, 5.74) is 4.95. The first-order valence-corrected chi connectivity index (χ1v) is 10.9. The van der Waals surface area contributed by atoms with Crippen LogP contribution in [0.25, 0.3) is 11.0 Å². The fraction of sp³-hybridized carbons (Fsp3) is 0.280. The van der Waals surface area contributed by atoms with Crippen LogP contribution >= 0.6 is 0 Å². The number of fused-ring (bicyclic) bond motifs is 1. The normalized spacial score (nSPS) is 12.0. The van der Waals surface area contributed by atoms with E-state index in [1.807, 2.05) is 63.2 Å². The lowest BCUT2D eigenvalue weighted by atomic mass is 10.1. The Balaban J connectivity index is 1.53. The Morgan fingerprint density at radius 3 is 2.55 bits per heavy atom. The molecule has 2 aromatic heterocycles. The zero-order valence-electron chi connectivity index (χ0n) is 19.3. The van der Waals surface area contributed by atoms with Crippen molar-refractivity contribution in [3.05, 3.63) is 77.4 Å². The smallest absolute Gasteiger partial charge is 0.251 e. The van der Waals surface area contributed by atoms with Crippen LogP contribution < -0.4 is 10.6 Å². The zero-order valence-corrected chi connectivity index (χ0v) is 19.3. The van der Waals surface area contributed by atoms with Gasteiger partial charge in [-0.3, -0.25) is 4.79 Å². The van der Waals surface area contributed by atoms with Gasteiger partial charge < -0.3 is 19.9 Å². The van der Waals surface area contributed by atoms with E-state index in [2.05, 4.69) is 25.2 Å². The van der Waals surface area contributed by atoms with Gasteiger partial charge in [0.25, 0.3) is 5.91 Å². The number of benzene rings is 2. The van der Waals surface area contributed by atoms with Crippen molar-refractivity contribution in [2.45, 2.75) is 33.4 Å². The third-order valence-electron chi connectivity index (χ3n) is 5.30. The number of aryl methyl sites for hydroxylation is 2. The van der Waals surface area contributed by atoms with Crippen molar-refractivity contribution in [1.29, 1.82) is 0 Å². The molecule has 2 heterocycles. The summed E-state index contributed by atoms with van der Waals surface area (Å²) in [6.45, 7) is 6.99. The molecule has 0 spiro atoms. The molecule has 170 valence electrons. The van der Waals surface area contributed by atoms with Crippen molar-refractivity contribution in [2.75, 3.05) is 19.0 Å². The van der Waals surface area contributed by atoms with Crippen LogP contribution in [0.2, 0.25) is 0 Å². The summed E-state index contributed by atoms with van der Waals surface area (Å²) in [5, 5.41) is 6.26. The summed E-state index contributed by atoms with van der Waals surface area (Å²) in [5.74, 6) is 1.11. The Morgan fingerprint density at radius 2 is 1.79 bits per heavy atom. The van der Waals surface area contributed by atoms with Gasteiger partial charge in [0.2, 0.25) is 5.95 Å². The van der Waals surface area contributed by atoms with Gasteiger partial charge in [0, 0.05) is 36.3 Å². The second kappa shape index (κ2) is 9.79. The Kier molecular flexibility index (Phi) is 6.65. The van der Waals surface area contributed by atoms with Crippen molar-refractivity contribution in [3.8, 4) is 0 Å². The predicted octanol–water partition coefficient (Wildman–Crippen LogP) is 4.32. The lowest BCUT2D eigenvalue weighted by Gasteiger charge is -2.16. The fourth-order valence-electron chi connectivity index (χ4n) is 3.84. The summed E-state index contributed by atoms with van der Waals surface area (Å²) in [4.78, 5) is 26.6. The number of anilines is 2. The summed E-state index contributed by atoms with van der Waals surface area (Å²) >= 11 is 0. The first kappa shape index (κ1) is 22.4. The molecule has 8 heteroatoms. The van der Waals surface area contributed by atoms with Gasteiger partial charge in [-0.25, -0.2) is 15.0 Å². The number of imidazole rings is 1. The third kappa shape index (κ3) is 5.18. The Labute approximate surface area is 193 Å². The SMILES string of the molecule is COCCn1c([C@H](C)NC(=O)c2cccc(Nc3nc(C)cc(C)n3)c2)nc2ccccc21. The molecular weight excluding hydrogens is 416 g/mol. The van der Waals surface area contributed by atoms with Gasteiger partial charge in [0.15, 0.2) is 0 Å². The minimum Gasteiger partial charge on any atom is -0.383 e. The first-order valence-electron chi connectivity index (χ1n) is 10.9. The standard InChI is InChI=1S/C25H28N6O2/c1-16-14-17(2)27-25(26-16)29-20-9-7-8-19(15-20)24(32)28-18(3)23-30-21-10-5-6-11-22(21)31(23)12-13-33-4/h5-11,14-15,18H,12-13H2,1-4H3,(H,28,32)(H,26,27,29)/t18-/m0/s1. The topological polar surface area (TPSA) is 94.0 Å². The molecule has 0 unspecified atom stereocenters. The van der Waals surface area contributed by atoms with Gasteiger partial charge in [0.1, 0.15) is 5.82 Å². The molecule has 1 amide bonds. The second-order valence-electron chi connectivity index (χ2n) is 7.98. The maximum absolute atomic E-state index is 13.0. The molecule has 0 radical (unpaired) electrons. The third-order valence-corrected chi connectivity index (χ3v) is 5.30. The van der Waals surface area contributed by atoms with Crippen LogP contribution in [0.5, 0.6) is 0 Å². The van der Waals surface area contributed by atoms with Crippen LogP contribution in [0.3, 0.4) is 0 Å². The molecule has 0 bridgehead atoms. The maximum atomic E-state index is 13.0. The molecule has 33 heavy (non-hydrogen) atoms. The van der Waals surface area contributed by atoms with E-state index in [0.717, 1.165) is 33.9 Å². The number of hydrogen-bond donors (Lipinski definition) is 2. The van der Waals surface area contributed by atoms with Gasteiger partial charge in [-0.2, -0.15) is 0 Å². The molecule has 0 fully saturated rings. The number of carbonyl (C=O) groups is 1. The molecule has 2 N–H and O–H groups in total. The van der Waals surface area contributed by atoms with Crippen molar-refractivity contribution < 1.29 is 9.53 Å². The molecule has 0 saturated carbocycles. The monoisotopic (exact) mass is 444 g/mol. The average molecular weight is 445 g/mol. The summed E-state index contributed by atoms with van der Waals surface area (Å²) in [6.07, 6.45) is 0. The van der Waals surface area contributed by atoms with Crippen LogP contribution in [0.4, 0.5) is 11.6 Å². The fourth-order valence-corrected chi connectivity index (χ4v) is 3.84. The largest absolute Gasteiger partial charge is 0.383 e. The number of methoxy groups -OCH3 is 1. The second-order valence-corrected chi connectivity index (χ2v) is 7.98. The summed E-state index contributed by atoms with van der Waals surface area (Å²) in [7, 11) is 1.67. The number of para-hydroxylation sites is 2. The molecule has 0 aliphatic heterocycles. The van der Waals surface area contributed by atoms with E-state index >= 15 is 0 Å². The lowest BCUT2D eigenvalue weighted by molar-refractivity contribution is 0.0937. The molecule has 0 saturated heterocycles. The number of amides is 1. The number of nitrogens with one attached hydrogen (secondary N) is 2. The predicted molar refractivity (Wildman–Crippen MR) is 129 cm³/mol. The maximum Gasteiger partial charge on any atom is 0.251 e. The molecule has 4 aromatic rings.